The Morgan fingerprint density at radius 1 is 1.13 bits per heavy atom. The minimum absolute atomic E-state index is 0.359. The summed E-state index contributed by atoms with van der Waals surface area (Å²) in [5, 5.41) is 0. The zero-order chi connectivity index (χ0) is 11.1. The Kier molecular flexibility index (Phi) is 4.87. The predicted molar refractivity (Wildman–Crippen MR) is 54.1 cm³/mol. The standard InChI is InChI=1S/C11H16O4/c1-9-4-2-3-7-14-10(12)5-6-11(13)15-8-9/h5-6,9H,2-4,7-8H2,1H3. The van der Waals surface area contributed by atoms with Gasteiger partial charge in [-0.05, 0) is 25.2 Å². The van der Waals surface area contributed by atoms with Crippen LogP contribution in [-0.2, 0) is 19.1 Å². The van der Waals surface area contributed by atoms with E-state index in [1.54, 1.807) is 0 Å². The van der Waals surface area contributed by atoms with Crippen LogP contribution < -0.4 is 0 Å². The van der Waals surface area contributed by atoms with E-state index >= 15 is 0 Å². The quantitative estimate of drug-likeness (QED) is 0.570. The first-order chi connectivity index (χ1) is 7.18. The summed E-state index contributed by atoms with van der Waals surface area (Å²) in [4.78, 5) is 22.1. The highest BCUT2D eigenvalue weighted by molar-refractivity contribution is 5.91. The number of esters is 2. The number of rotatable bonds is 0. The van der Waals surface area contributed by atoms with Crippen molar-refractivity contribution in [1.29, 1.82) is 0 Å². The Labute approximate surface area is 89.2 Å². The Hall–Kier alpha value is -1.32. The van der Waals surface area contributed by atoms with Gasteiger partial charge < -0.3 is 9.47 Å². The van der Waals surface area contributed by atoms with Gasteiger partial charge in [0.15, 0.2) is 0 Å². The van der Waals surface area contributed by atoms with Crippen LogP contribution in [0.4, 0.5) is 0 Å². The molecule has 0 aromatic rings. The lowest BCUT2D eigenvalue weighted by Crippen LogP contribution is -2.12. The molecule has 0 N–H and O–H groups in total. The molecule has 1 aliphatic heterocycles. The fourth-order valence-electron chi connectivity index (χ4n) is 1.31. The molecule has 0 aromatic heterocycles. The zero-order valence-corrected chi connectivity index (χ0v) is 8.90. The molecule has 4 heteroatoms. The van der Waals surface area contributed by atoms with Gasteiger partial charge in [-0.1, -0.05) is 6.92 Å². The monoisotopic (exact) mass is 212 g/mol. The molecule has 0 fully saturated rings. The van der Waals surface area contributed by atoms with Crippen LogP contribution in [0.5, 0.6) is 0 Å². The summed E-state index contributed by atoms with van der Waals surface area (Å²) in [6.45, 7) is 2.87. The molecule has 0 saturated carbocycles. The molecule has 0 radical (unpaired) electrons. The van der Waals surface area contributed by atoms with Crippen molar-refractivity contribution in [3.05, 3.63) is 12.2 Å². The minimum atomic E-state index is -0.487. The summed E-state index contributed by atoms with van der Waals surface area (Å²) in [5.41, 5.74) is 0. The third kappa shape index (κ3) is 5.20. The molecule has 0 spiro atoms. The lowest BCUT2D eigenvalue weighted by atomic mass is 10.1. The third-order valence-corrected chi connectivity index (χ3v) is 2.20. The molecular weight excluding hydrogens is 196 g/mol. The van der Waals surface area contributed by atoms with E-state index in [0.717, 1.165) is 31.4 Å². The topological polar surface area (TPSA) is 52.6 Å². The zero-order valence-electron chi connectivity index (χ0n) is 8.90. The van der Waals surface area contributed by atoms with Crippen molar-refractivity contribution in [3.8, 4) is 0 Å². The van der Waals surface area contributed by atoms with E-state index in [-0.39, 0.29) is 0 Å². The van der Waals surface area contributed by atoms with Gasteiger partial charge in [0.25, 0.3) is 0 Å². The Bertz CT molecular complexity index is 257. The molecule has 0 amide bonds. The number of hydrogen-bond donors (Lipinski definition) is 0. The van der Waals surface area contributed by atoms with E-state index in [0.29, 0.717) is 19.1 Å². The fraction of sp³-hybridized carbons (Fsp3) is 0.636. The van der Waals surface area contributed by atoms with E-state index in [9.17, 15) is 9.59 Å². The maximum Gasteiger partial charge on any atom is 0.331 e. The Morgan fingerprint density at radius 3 is 2.53 bits per heavy atom. The first-order valence-electron chi connectivity index (χ1n) is 5.20. The lowest BCUT2D eigenvalue weighted by molar-refractivity contribution is -0.141. The van der Waals surface area contributed by atoms with Gasteiger partial charge in [0.1, 0.15) is 0 Å². The van der Waals surface area contributed by atoms with Gasteiger partial charge in [0.05, 0.1) is 13.2 Å². The van der Waals surface area contributed by atoms with E-state index in [4.69, 9.17) is 9.47 Å². The molecule has 4 nitrogen and oxygen atoms in total. The van der Waals surface area contributed by atoms with Crippen molar-refractivity contribution >= 4 is 11.9 Å². The average Bonchev–Trinajstić information content (AvgIpc) is 2.21. The van der Waals surface area contributed by atoms with Gasteiger partial charge in [0.2, 0.25) is 0 Å². The van der Waals surface area contributed by atoms with Crippen LogP contribution in [0.1, 0.15) is 26.2 Å². The maximum absolute atomic E-state index is 11.1. The van der Waals surface area contributed by atoms with Gasteiger partial charge in [-0.15, -0.1) is 0 Å². The summed E-state index contributed by atoms with van der Waals surface area (Å²) < 4.78 is 9.81. The number of ether oxygens (including phenoxy) is 2. The Balaban J connectivity index is 2.49. The lowest BCUT2D eigenvalue weighted by Gasteiger charge is -2.11. The highest BCUT2D eigenvalue weighted by Gasteiger charge is 2.07. The van der Waals surface area contributed by atoms with Crippen LogP contribution in [0.15, 0.2) is 12.2 Å². The van der Waals surface area contributed by atoms with Crippen molar-refractivity contribution in [1.82, 2.24) is 0 Å². The van der Waals surface area contributed by atoms with Crippen molar-refractivity contribution < 1.29 is 19.1 Å². The summed E-state index contributed by atoms with van der Waals surface area (Å²) in [5.74, 6) is -0.613. The smallest absolute Gasteiger partial charge is 0.331 e. The molecule has 0 saturated heterocycles. The Morgan fingerprint density at radius 2 is 1.80 bits per heavy atom. The van der Waals surface area contributed by atoms with Crippen LogP contribution >= 0.6 is 0 Å². The normalized spacial score (nSPS) is 24.7. The summed E-state index contributed by atoms with van der Waals surface area (Å²) in [7, 11) is 0. The molecule has 1 aliphatic rings. The van der Waals surface area contributed by atoms with Crippen molar-refractivity contribution in [2.75, 3.05) is 13.2 Å². The van der Waals surface area contributed by atoms with E-state index in [2.05, 4.69) is 0 Å². The molecule has 15 heavy (non-hydrogen) atoms. The number of cyclic esters (lactones) is 2. The fourth-order valence-corrected chi connectivity index (χ4v) is 1.31. The largest absolute Gasteiger partial charge is 0.463 e. The van der Waals surface area contributed by atoms with Gasteiger partial charge in [-0.25, -0.2) is 9.59 Å². The first kappa shape index (κ1) is 11.8. The van der Waals surface area contributed by atoms with E-state index in [1.807, 2.05) is 6.92 Å². The number of hydrogen-bond acceptors (Lipinski definition) is 4. The molecular formula is C11H16O4. The summed E-state index contributed by atoms with van der Waals surface area (Å²) in [6, 6.07) is 0. The molecule has 1 unspecified atom stereocenters. The van der Waals surface area contributed by atoms with Crippen LogP contribution in [-0.4, -0.2) is 25.2 Å². The summed E-state index contributed by atoms with van der Waals surface area (Å²) >= 11 is 0. The molecule has 0 bridgehead atoms. The van der Waals surface area contributed by atoms with Gasteiger partial charge in [-0.3, -0.25) is 0 Å². The van der Waals surface area contributed by atoms with Crippen molar-refractivity contribution in [2.24, 2.45) is 5.92 Å². The van der Waals surface area contributed by atoms with E-state index in [1.165, 1.54) is 0 Å². The number of carbonyl (C=O) groups is 2. The molecule has 1 rings (SSSR count). The maximum atomic E-state index is 11.1. The van der Waals surface area contributed by atoms with Gasteiger partial charge in [-0.2, -0.15) is 0 Å². The second kappa shape index (κ2) is 6.22. The molecule has 1 atom stereocenters. The van der Waals surface area contributed by atoms with Crippen LogP contribution in [0, 0.1) is 5.92 Å². The third-order valence-electron chi connectivity index (χ3n) is 2.20. The molecule has 84 valence electrons. The average molecular weight is 212 g/mol. The van der Waals surface area contributed by atoms with Gasteiger partial charge in [0, 0.05) is 12.2 Å². The predicted octanol–water partition coefficient (Wildman–Crippen LogP) is 1.45. The minimum Gasteiger partial charge on any atom is -0.463 e. The molecule has 0 aliphatic carbocycles. The SMILES string of the molecule is CC1CCCCOC(=O)C=CC(=O)OC1. The highest BCUT2D eigenvalue weighted by atomic mass is 16.5. The van der Waals surface area contributed by atoms with Gasteiger partial charge >= 0.3 is 11.9 Å². The van der Waals surface area contributed by atoms with Crippen LogP contribution in [0.25, 0.3) is 0 Å². The molecule has 0 aromatic carbocycles. The van der Waals surface area contributed by atoms with Crippen LogP contribution in [0.3, 0.4) is 0 Å². The van der Waals surface area contributed by atoms with E-state index < -0.39 is 11.9 Å². The van der Waals surface area contributed by atoms with Crippen molar-refractivity contribution in [2.45, 2.75) is 26.2 Å². The second-order valence-electron chi connectivity index (χ2n) is 3.73. The molecule has 1 heterocycles. The second-order valence-corrected chi connectivity index (χ2v) is 3.73. The number of carbonyl (C=O) groups excluding carboxylic acids is 2. The van der Waals surface area contributed by atoms with Crippen LogP contribution in [0.2, 0.25) is 0 Å². The summed E-state index contributed by atoms with van der Waals surface area (Å²) in [6.07, 6.45) is 5.04. The highest BCUT2D eigenvalue weighted by Crippen LogP contribution is 2.09. The first-order valence-corrected chi connectivity index (χ1v) is 5.20. The van der Waals surface area contributed by atoms with Crippen molar-refractivity contribution in [3.63, 3.8) is 0 Å².